The molecule has 0 bridgehead atoms. The second-order valence-corrected chi connectivity index (χ2v) is 25.1. The minimum atomic E-state index is -0.898. The average molecular weight is 1150 g/mol. The molecule has 1 fully saturated rings. The predicted octanol–water partition coefficient (Wildman–Crippen LogP) is 18.7. The second kappa shape index (κ2) is 28.8. The van der Waals surface area contributed by atoms with Crippen molar-refractivity contribution in [2.75, 3.05) is 24.6 Å². The zero-order valence-electron chi connectivity index (χ0n) is 49.8. The maximum absolute atomic E-state index is 13.2. The summed E-state index contributed by atoms with van der Waals surface area (Å²) < 4.78 is 25.3. The van der Waals surface area contributed by atoms with Crippen molar-refractivity contribution >= 4 is 52.6 Å². The number of benzene rings is 3. The number of phenolic OH excluding ortho intramolecular Hbond substituents is 2. The third-order valence-electron chi connectivity index (χ3n) is 16.3. The van der Waals surface area contributed by atoms with Crippen LogP contribution in [0.3, 0.4) is 0 Å². The largest absolute Gasteiger partial charge is 0.508 e. The van der Waals surface area contributed by atoms with E-state index in [-0.39, 0.29) is 30.5 Å². The van der Waals surface area contributed by atoms with E-state index in [0.29, 0.717) is 35.8 Å². The maximum atomic E-state index is 13.2. The molecule has 0 amide bonds. The zero-order valence-corrected chi connectivity index (χ0v) is 51.4. The van der Waals surface area contributed by atoms with Crippen molar-refractivity contribution in [1.29, 1.82) is 5.26 Å². The number of phenols is 2. The first-order chi connectivity index (χ1) is 40.1. The van der Waals surface area contributed by atoms with Gasteiger partial charge in [-0.05, 0) is 166 Å². The molecule has 10 nitrogen and oxygen atoms in total. The number of rotatable bonds is 26. The van der Waals surface area contributed by atoms with Gasteiger partial charge in [0.15, 0.2) is 0 Å². The molecule has 1 aliphatic carbocycles. The number of thiophene rings is 2. The van der Waals surface area contributed by atoms with Crippen LogP contribution >= 0.6 is 22.7 Å². The molecule has 8 rings (SSSR count). The third kappa shape index (κ3) is 15.9. The van der Waals surface area contributed by atoms with Crippen LogP contribution in [0.1, 0.15) is 182 Å². The Morgan fingerprint density at radius 3 is 1.96 bits per heavy atom. The van der Waals surface area contributed by atoms with Crippen molar-refractivity contribution in [1.82, 2.24) is 0 Å². The van der Waals surface area contributed by atoms with E-state index in [1.165, 1.54) is 59.4 Å². The molecule has 1 saturated carbocycles. The van der Waals surface area contributed by atoms with E-state index in [1.54, 1.807) is 31.2 Å². The van der Waals surface area contributed by atoms with E-state index in [0.717, 1.165) is 108 Å². The Kier molecular flexibility index (Phi) is 21.5. The maximum Gasteiger partial charge on any atom is 0.305 e. The average Bonchev–Trinajstić information content (AvgIpc) is 3.19. The number of likely N-dealkylation sites (N-methyl/N-ethyl adjacent to an activating group) is 1. The van der Waals surface area contributed by atoms with Crippen molar-refractivity contribution in [3.8, 4) is 27.3 Å². The SMILES string of the molecule is [C-]#[N+]C1=C(/C=C/c2cc(CCCCCC)c(-c3sc(C=C4C=C(/C=C/c5ccc(N(CC)CCOC(=O)CCC(C)(c6ccc(O)cc6)c6ccc(O)cc6)cc5)OC(C)(C)O4)cc3CCCCCC)s2)C2(CCCCC2)O/C1=C(\C)C#N. The van der Waals surface area contributed by atoms with Gasteiger partial charge in [0.25, 0.3) is 0 Å². The molecule has 3 aromatic carbocycles. The van der Waals surface area contributed by atoms with Crippen LogP contribution < -0.4 is 4.90 Å². The second-order valence-electron chi connectivity index (χ2n) is 22.9. The van der Waals surface area contributed by atoms with Gasteiger partial charge < -0.3 is 34.1 Å². The van der Waals surface area contributed by atoms with Gasteiger partial charge >= 0.3 is 5.97 Å². The summed E-state index contributed by atoms with van der Waals surface area (Å²) in [6, 6.07) is 29.4. The molecule has 0 atom stereocenters. The minimum Gasteiger partial charge on any atom is -0.508 e. The number of anilines is 1. The summed E-state index contributed by atoms with van der Waals surface area (Å²) in [5.41, 5.74) is 7.42. The van der Waals surface area contributed by atoms with E-state index in [4.69, 9.17) is 25.5 Å². The van der Waals surface area contributed by atoms with Gasteiger partial charge in [0, 0.05) is 69.1 Å². The third-order valence-corrected chi connectivity index (χ3v) is 18.7. The van der Waals surface area contributed by atoms with E-state index in [2.05, 4.69) is 104 Å². The standard InChI is InChI=1S/C71H83N3O7S2/c1-9-12-14-17-21-52-45-61(37-38-63-65(73-8)66(50(4)49-72)81-71(63)40-19-16-20-41-71)82-67(52)68-53(22-18-15-13-10-2)46-62(83-68)48-60-47-59(79-69(5,6)80-60)36-25-51-23-30-56(31-24-51)74(11-3)43-44-78-64(77)39-42-70(7,54-26-32-57(75)33-27-54)55-28-34-58(76)35-29-55/h23-38,45-48,75-76H,9-22,39-44H2,1-7H3/b36-25+,38-37+,60-48?,66-50+. The van der Waals surface area contributed by atoms with Crippen LogP contribution in [-0.2, 0) is 42.0 Å². The van der Waals surface area contributed by atoms with Crippen LogP contribution in [0.15, 0.2) is 137 Å². The molecule has 12 heteroatoms. The van der Waals surface area contributed by atoms with Crippen LogP contribution in [-0.4, -0.2) is 47.3 Å². The number of carbonyl (C=O) groups excluding carboxylic acids is 1. The fourth-order valence-electron chi connectivity index (χ4n) is 11.6. The summed E-state index contributed by atoms with van der Waals surface area (Å²) >= 11 is 3.67. The van der Waals surface area contributed by atoms with Crippen molar-refractivity contribution in [3.63, 3.8) is 0 Å². The smallest absolute Gasteiger partial charge is 0.305 e. The highest BCUT2D eigenvalue weighted by atomic mass is 32.1. The first-order valence-electron chi connectivity index (χ1n) is 30.0. The minimum absolute atomic E-state index is 0.173. The normalized spacial score (nSPS) is 16.8. The van der Waals surface area contributed by atoms with E-state index < -0.39 is 16.8 Å². The molecule has 4 heterocycles. The molecule has 5 aromatic rings. The van der Waals surface area contributed by atoms with Crippen molar-refractivity contribution in [2.45, 2.75) is 174 Å². The molecule has 0 radical (unpaired) electrons. The topological polar surface area (TPSA) is 126 Å². The molecule has 436 valence electrons. The van der Waals surface area contributed by atoms with Gasteiger partial charge in [-0.3, -0.25) is 4.79 Å². The number of aryl methyl sites for hydroxylation is 2. The summed E-state index contributed by atoms with van der Waals surface area (Å²) in [6.45, 7) is 24.1. The lowest BCUT2D eigenvalue weighted by Crippen LogP contribution is -2.33. The molecule has 0 saturated heterocycles. The van der Waals surface area contributed by atoms with Gasteiger partial charge in [-0.25, -0.2) is 4.85 Å². The Labute approximate surface area is 501 Å². The number of carbonyl (C=O) groups is 1. The van der Waals surface area contributed by atoms with Crippen LogP contribution in [0, 0.1) is 17.9 Å². The van der Waals surface area contributed by atoms with Crippen molar-refractivity contribution in [3.05, 3.63) is 186 Å². The molecular weight excluding hydrogens is 1070 g/mol. The monoisotopic (exact) mass is 1150 g/mol. The lowest BCUT2D eigenvalue weighted by Gasteiger charge is -2.35. The van der Waals surface area contributed by atoms with Gasteiger partial charge in [0.1, 0.15) is 41.0 Å². The number of esters is 1. The summed E-state index contributed by atoms with van der Waals surface area (Å²) in [4.78, 5) is 24.3. The van der Waals surface area contributed by atoms with Gasteiger partial charge in [-0.15, -0.1) is 22.7 Å². The lowest BCUT2D eigenvalue weighted by molar-refractivity contribution is -0.167. The molecule has 0 unspecified atom stereocenters. The van der Waals surface area contributed by atoms with Gasteiger partial charge in [-0.2, -0.15) is 5.26 Å². The number of allylic oxidation sites excluding steroid dienone is 3. The number of aromatic hydroxyl groups is 2. The molecule has 2 aliphatic heterocycles. The lowest BCUT2D eigenvalue weighted by atomic mass is 9.73. The summed E-state index contributed by atoms with van der Waals surface area (Å²) in [6.07, 6.45) is 29.5. The molecule has 83 heavy (non-hydrogen) atoms. The number of nitriles is 1. The quantitative estimate of drug-likeness (QED) is 0.0241. The Morgan fingerprint density at radius 1 is 0.783 bits per heavy atom. The Morgan fingerprint density at radius 2 is 1.39 bits per heavy atom. The van der Waals surface area contributed by atoms with Crippen LogP contribution in [0.4, 0.5) is 5.69 Å². The highest BCUT2D eigenvalue weighted by Gasteiger charge is 2.46. The summed E-state index contributed by atoms with van der Waals surface area (Å²) in [5.74, 6) is 1.05. The van der Waals surface area contributed by atoms with Crippen LogP contribution in [0.2, 0.25) is 0 Å². The first kappa shape index (κ1) is 61.8. The number of ether oxygens (including phenoxy) is 4. The van der Waals surface area contributed by atoms with E-state index >= 15 is 0 Å². The Hall–Kier alpha value is -7.25. The van der Waals surface area contributed by atoms with Crippen molar-refractivity contribution < 1.29 is 34.0 Å². The highest BCUT2D eigenvalue weighted by Crippen LogP contribution is 2.50. The fraction of sp³-hybridized carbons (Fsp3) is 0.423. The van der Waals surface area contributed by atoms with Gasteiger partial charge in [0.05, 0.1) is 24.8 Å². The first-order valence-corrected chi connectivity index (χ1v) is 31.7. The molecule has 2 N–H and O–H groups in total. The van der Waals surface area contributed by atoms with Crippen LogP contribution in [0.25, 0.3) is 32.8 Å². The van der Waals surface area contributed by atoms with Gasteiger partial charge in [-0.1, -0.05) is 114 Å². The molecule has 1 spiro atoms. The van der Waals surface area contributed by atoms with Crippen LogP contribution in [0.5, 0.6) is 11.5 Å². The Balaban J connectivity index is 0.976. The summed E-state index contributed by atoms with van der Waals surface area (Å²) in [5, 5.41) is 29.8. The molecule has 2 aromatic heterocycles. The van der Waals surface area contributed by atoms with E-state index in [9.17, 15) is 20.3 Å². The Bertz CT molecular complexity index is 3250. The highest BCUT2D eigenvalue weighted by molar-refractivity contribution is 7.23. The molecular formula is C71H83N3O7S2. The molecule has 3 aliphatic rings. The number of hydrogen-bond acceptors (Lipinski definition) is 11. The van der Waals surface area contributed by atoms with E-state index in [1.807, 2.05) is 72.9 Å². The number of nitrogens with zero attached hydrogens (tertiary/aromatic N) is 3. The number of hydrogen-bond donors (Lipinski definition) is 2. The zero-order chi connectivity index (χ0) is 59.0. The predicted molar refractivity (Wildman–Crippen MR) is 340 cm³/mol. The van der Waals surface area contributed by atoms with Gasteiger partial charge in [0.2, 0.25) is 11.5 Å². The summed E-state index contributed by atoms with van der Waals surface area (Å²) in [7, 11) is 0. The fourth-order valence-corrected chi connectivity index (χ4v) is 14.0. The number of unbranched alkanes of at least 4 members (excludes halogenated alkanes) is 6. The van der Waals surface area contributed by atoms with Crippen molar-refractivity contribution in [2.24, 2.45) is 0 Å².